The number of ether oxygens (including phenoxy) is 1. The molecule has 1 saturated carbocycles. The molecular formula is C22H20ClF3N4O. The fraction of sp³-hybridized carbons (Fsp3) is 0.273. The van der Waals surface area contributed by atoms with Crippen molar-refractivity contribution in [1.29, 1.82) is 0 Å². The van der Waals surface area contributed by atoms with Crippen LogP contribution in [0.5, 0.6) is 0 Å². The molecule has 0 amide bonds. The number of guanidine groups is 1. The molecule has 1 unspecified atom stereocenters. The molecule has 0 spiro atoms. The third-order valence-electron chi connectivity index (χ3n) is 4.81. The summed E-state index contributed by atoms with van der Waals surface area (Å²) in [6.45, 7) is 2.68. The Bertz CT molecular complexity index is 1080. The lowest BCUT2D eigenvalue weighted by molar-refractivity contribution is -0.137. The van der Waals surface area contributed by atoms with E-state index < -0.39 is 11.7 Å². The minimum atomic E-state index is -4.42. The monoisotopic (exact) mass is 448 g/mol. The maximum Gasteiger partial charge on any atom is 0.416 e. The van der Waals surface area contributed by atoms with E-state index in [1.165, 1.54) is 6.07 Å². The van der Waals surface area contributed by atoms with Crippen molar-refractivity contribution in [2.45, 2.75) is 26.1 Å². The van der Waals surface area contributed by atoms with Crippen LogP contribution in [-0.4, -0.2) is 18.4 Å². The SMILES string of the molecule is CCOC1=C2CC2C(Nc2cccc(C(F)(F)F)c2)=NC(=NCc2cccc(Cl)c2)N1. The molecule has 0 saturated heterocycles. The van der Waals surface area contributed by atoms with Crippen molar-refractivity contribution < 1.29 is 17.9 Å². The Labute approximate surface area is 182 Å². The number of benzene rings is 2. The number of halogens is 4. The van der Waals surface area contributed by atoms with E-state index in [-0.39, 0.29) is 5.92 Å². The van der Waals surface area contributed by atoms with Crippen molar-refractivity contribution in [3.63, 3.8) is 0 Å². The Hall–Kier alpha value is -3.00. The number of amidine groups is 1. The highest BCUT2D eigenvalue weighted by atomic mass is 35.5. The van der Waals surface area contributed by atoms with Crippen molar-refractivity contribution in [1.82, 2.24) is 5.32 Å². The molecule has 9 heteroatoms. The average Bonchev–Trinajstić information content (AvgIpc) is 3.52. The third kappa shape index (κ3) is 5.19. The average molecular weight is 449 g/mol. The van der Waals surface area contributed by atoms with Gasteiger partial charge in [-0.15, -0.1) is 0 Å². The summed E-state index contributed by atoms with van der Waals surface area (Å²) in [7, 11) is 0. The first kappa shape index (κ1) is 21.2. The molecule has 1 atom stereocenters. The van der Waals surface area contributed by atoms with Crippen molar-refractivity contribution in [2.24, 2.45) is 15.9 Å². The smallest absolute Gasteiger partial charge is 0.416 e. The van der Waals surface area contributed by atoms with Crippen molar-refractivity contribution in [3.05, 3.63) is 76.1 Å². The highest BCUT2D eigenvalue weighted by Gasteiger charge is 2.41. The molecule has 2 aliphatic rings. The van der Waals surface area contributed by atoms with E-state index in [1.807, 2.05) is 25.1 Å². The van der Waals surface area contributed by atoms with Gasteiger partial charge in [-0.2, -0.15) is 18.2 Å². The van der Waals surface area contributed by atoms with Crippen LogP contribution in [0.2, 0.25) is 5.02 Å². The predicted molar refractivity (Wildman–Crippen MR) is 115 cm³/mol. The zero-order valence-corrected chi connectivity index (χ0v) is 17.4. The second-order valence-corrected chi connectivity index (χ2v) is 7.58. The van der Waals surface area contributed by atoms with Gasteiger partial charge in [0.15, 0.2) is 5.88 Å². The molecule has 0 aromatic heterocycles. The second-order valence-electron chi connectivity index (χ2n) is 7.14. The van der Waals surface area contributed by atoms with Crippen LogP contribution in [0.25, 0.3) is 0 Å². The van der Waals surface area contributed by atoms with E-state index >= 15 is 0 Å². The lowest BCUT2D eigenvalue weighted by Gasteiger charge is -2.12. The summed E-state index contributed by atoms with van der Waals surface area (Å²) in [4.78, 5) is 9.08. The number of rotatable bonds is 5. The Morgan fingerprint density at radius 2 is 2.03 bits per heavy atom. The summed E-state index contributed by atoms with van der Waals surface area (Å²) in [5.41, 5.74) is 1.51. The minimum absolute atomic E-state index is 0.0533. The third-order valence-corrected chi connectivity index (χ3v) is 5.04. The molecule has 4 rings (SSSR count). The van der Waals surface area contributed by atoms with Crippen LogP contribution in [0.15, 0.2) is 70.0 Å². The molecule has 2 aromatic carbocycles. The molecule has 31 heavy (non-hydrogen) atoms. The van der Waals surface area contributed by atoms with Gasteiger partial charge in [0, 0.05) is 22.2 Å². The minimum Gasteiger partial charge on any atom is -0.479 e. The van der Waals surface area contributed by atoms with Gasteiger partial charge in [0.2, 0.25) is 5.96 Å². The molecule has 0 radical (unpaired) electrons. The number of fused-ring (bicyclic) bond motifs is 1. The van der Waals surface area contributed by atoms with Gasteiger partial charge in [-0.05, 0) is 49.2 Å². The standard InChI is InChI=1S/C22H20ClF3N4O/c1-2-31-20-18-11-17(18)19(28-16-8-4-6-14(10-16)22(24,25)26)29-21(30-20)27-12-13-5-3-7-15(23)9-13/h3-10,17H,2,11-12H2,1H3,(H2,27,28,29,30). The topological polar surface area (TPSA) is 58.0 Å². The summed E-state index contributed by atoms with van der Waals surface area (Å²) in [5, 5.41) is 6.77. The molecule has 0 bridgehead atoms. The van der Waals surface area contributed by atoms with Crippen LogP contribution < -0.4 is 10.6 Å². The highest BCUT2D eigenvalue weighted by molar-refractivity contribution is 6.30. The molecule has 1 fully saturated rings. The number of nitrogens with zero attached hydrogens (tertiary/aromatic N) is 2. The predicted octanol–water partition coefficient (Wildman–Crippen LogP) is 5.60. The van der Waals surface area contributed by atoms with Crippen LogP contribution in [0, 0.1) is 5.92 Å². The maximum absolute atomic E-state index is 13.1. The largest absolute Gasteiger partial charge is 0.479 e. The molecule has 5 nitrogen and oxygen atoms in total. The van der Waals surface area contributed by atoms with Crippen molar-refractivity contribution >= 4 is 29.1 Å². The Morgan fingerprint density at radius 3 is 2.77 bits per heavy atom. The molecule has 1 aliphatic heterocycles. The lowest BCUT2D eigenvalue weighted by atomic mass is 10.2. The van der Waals surface area contributed by atoms with Crippen LogP contribution >= 0.6 is 11.6 Å². The van der Waals surface area contributed by atoms with Gasteiger partial charge in [-0.25, -0.2) is 4.99 Å². The molecule has 2 aromatic rings. The van der Waals surface area contributed by atoms with E-state index in [0.29, 0.717) is 48.0 Å². The lowest BCUT2D eigenvalue weighted by Crippen LogP contribution is -2.24. The first-order valence-electron chi connectivity index (χ1n) is 9.78. The zero-order valence-electron chi connectivity index (χ0n) is 16.6. The number of nitrogens with one attached hydrogen (secondary N) is 2. The number of anilines is 1. The Kier molecular flexibility index (Phi) is 5.91. The molecular weight excluding hydrogens is 429 g/mol. The van der Waals surface area contributed by atoms with Gasteiger partial charge in [0.05, 0.1) is 18.7 Å². The number of alkyl halides is 3. The van der Waals surface area contributed by atoms with E-state index in [1.54, 1.807) is 12.1 Å². The van der Waals surface area contributed by atoms with Gasteiger partial charge >= 0.3 is 6.18 Å². The van der Waals surface area contributed by atoms with E-state index in [4.69, 9.17) is 16.3 Å². The van der Waals surface area contributed by atoms with Crippen LogP contribution in [-0.2, 0) is 17.5 Å². The molecule has 1 heterocycles. The second kappa shape index (κ2) is 8.63. The molecule has 1 aliphatic carbocycles. The first-order chi connectivity index (χ1) is 14.8. The first-order valence-corrected chi connectivity index (χ1v) is 10.2. The van der Waals surface area contributed by atoms with E-state index in [0.717, 1.165) is 23.3 Å². The Morgan fingerprint density at radius 1 is 1.23 bits per heavy atom. The fourth-order valence-electron chi connectivity index (χ4n) is 3.26. The van der Waals surface area contributed by atoms with Crippen LogP contribution in [0.1, 0.15) is 24.5 Å². The van der Waals surface area contributed by atoms with Gasteiger partial charge in [0.1, 0.15) is 5.84 Å². The zero-order chi connectivity index (χ0) is 22.0. The summed E-state index contributed by atoms with van der Waals surface area (Å²) < 4.78 is 44.9. The van der Waals surface area contributed by atoms with Crippen LogP contribution in [0.4, 0.5) is 18.9 Å². The summed E-state index contributed by atoms with van der Waals surface area (Å²) in [6, 6.07) is 12.4. The van der Waals surface area contributed by atoms with Gasteiger partial charge < -0.3 is 10.1 Å². The van der Waals surface area contributed by atoms with E-state index in [9.17, 15) is 13.2 Å². The number of hydrogen-bond acceptors (Lipinski definition) is 3. The van der Waals surface area contributed by atoms with Crippen molar-refractivity contribution in [2.75, 3.05) is 11.9 Å². The quantitative estimate of drug-likeness (QED) is 0.626. The summed E-state index contributed by atoms with van der Waals surface area (Å²) >= 11 is 6.03. The van der Waals surface area contributed by atoms with Crippen LogP contribution in [0.3, 0.4) is 0 Å². The number of aliphatic imine (C=N–C) groups is 2. The molecule has 2 N–H and O–H groups in total. The fourth-order valence-corrected chi connectivity index (χ4v) is 3.47. The van der Waals surface area contributed by atoms with E-state index in [2.05, 4.69) is 20.6 Å². The maximum atomic E-state index is 13.1. The van der Waals surface area contributed by atoms with Gasteiger partial charge in [-0.1, -0.05) is 29.8 Å². The van der Waals surface area contributed by atoms with Crippen molar-refractivity contribution in [3.8, 4) is 0 Å². The molecule has 162 valence electrons. The normalized spacial score (nSPS) is 19.3. The Balaban J connectivity index is 1.62. The van der Waals surface area contributed by atoms with Gasteiger partial charge in [-0.3, -0.25) is 5.32 Å². The highest BCUT2D eigenvalue weighted by Crippen LogP contribution is 2.43. The number of hydrogen-bond donors (Lipinski definition) is 2. The van der Waals surface area contributed by atoms with Gasteiger partial charge in [0.25, 0.3) is 0 Å². The summed E-state index contributed by atoms with van der Waals surface area (Å²) in [5.74, 6) is 1.39. The summed E-state index contributed by atoms with van der Waals surface area (Å²) in [6.07, 6.45) is -3.70.